The number of amides is 1. The number of aryl methyl sites for hydroxylation is 1. The standard InChI is InChI=1S/C25H34N2O5S2/c1-19-9-12-22(13-10-19)34(29,30)27(23-17-20(31-2)11-14-24(23)32-3)18-25(28)26-15-16-33-21-7-5-4-6-8-21/h9-14,17,21H,4-8,15-16,18H2,1-3H3,(H,26,28). The number of benzene rings is 2. The molecule has 1 saturated carbocycles. The summed E-state index contributed by atoms with van der Waals surface area (Å²) in [4.78, 5) is 13.0. The maximum atomic E-state index is 13.6. The largest absolute Gasteiger partial charge is 0.497 e. The van der Waals surface area contributed by atoms with E-state index in [1.165, 1.54) is 46.3 Å². The summed E-state index contributed by atoms with van der Waals surface area (Å²) in [5.74, 6) is 1.23. The maximum Gasteiger partial charge on any atom is 0.264 e. The van der Waals surface area contributed by atoms with Crippen molar-refractivity contribution < 1.29 is 22.7 Å². The lowest BCUT2D eigenvalue weighted by molar-refractivity contribution is -0.119. The molecule has 2 aromatic rings. The first-order valence-electron chi connectivity index (χ1n) is 11.5. The van der Waals surface area contributed by atoms with E-state index < -0.39 is 10.0 Å². The van der Waals surface area contributed by atoms with Gasteiger partial charge in [-0.05, 0) is 44.0 Å². The minimum Gasteiger partial charge on any atom is -0.497 e. The topological polar surface area (TPSA) is 84.9 Å². The molecule has 7 nitrogen and oxygen atoms in total. The second kappa shape index (κ2) is 12.4. The van der Waals surface area contributed by atoms with Gasteiger partial charge in [0.15, 0.2) is 0 Å². The van der Waals surface area contributed by atoms with Crippen molar-refractivity contribution in [2.75, 3.05) is 37.4 Å². The number of sulfonamides is 1. The monoisotopic (exact) mass is 506 g/mol. The number of hydrogen-bond donors (Lipinski definition) is 1. The minimum absolute atomic E-state index is 0.101. The Balaban J connectivity index is 1.79. The van der Waals surface area contributed by atoms with Crippen LogP contribution in [-0.2, 0) is 14.8 Å². The molecule has 186 valence electrons. The quantitative estimate of drug-likeness (QED) is 0.455. The zero-order valence-electron chi connectivity index (χ0n) is 20.1. The summed E-state index contributed by atoms with van der Waals surface area (Å²) < 4.78 is 39.1. The van der Waals surface area contributed by atoms with E-state index >= 15 is 0 Å². The van der Waals surface area contributed by atoms with Gasteiger partial charge in [0.1, 0.15) is 18.0 Å². The predicted octanol–water partition coefficient (Wildman–Crippen LogP) is 4.39. The molecule has 3 rings (SSSR count). The van der Waals surface area contributed by atoms with Crippen molar-refractivity contribution in [3.05, 3.63) is 48.0 Å². The molecule has 9 heteroatoms. The number of thioether (sulfide) groups is 1. The molecule has 0 aliphatic heterocycles. The highest BCUT2D eigenvalue weighted by molar-refractivity contribution is 7.99. The summed E-state index contributed by atoms with van der Waals surface area (Å²) in [6.45, 7) is 2.01. The lowest BCUT2D eigenvalue weighted by Gasteiger charge is -2.26. The van der Waals surface area contributed by atoms with Crippen LogP contribution in [0.4, 0.5) is 5.69 Å². The highest BCUT2D eigenvalue weighted by Gasteiger charge is 2.30. The van der Waals surface area contributed by atoms with Crippen LogP contribution in [0.2, 0.25) is 0 Å². The number of ether oxygens (including phenoxy) is 2. The van der Waals surface area contributed by atoms with E-state index in [0.717, 1.165) is 15.6 Å². The van der Waals surface area contributed by atoms with Gasteiger partial charge in [-0.1, -0.05) is 37.0 Å². The third-order valence-corrected chi connectivity index (χ3v) is 9.04. The van der Waals surface area contributed by atoms with E-state index in [1.54, 1.807) is 42.5 Å². The number of nitrogens with zero attached hydrogens (tertiary/aromatic N) is 1. The Morgan fingerprint density at radius 1 is 1.06 bits per heavy atom. The van der Waals surface area contributed by atoms with E-state index in [1.807, 2.05) is 18.7 Å². The number of methoxy groups -OCH3 is 2. The summed E-state index contributed by atoms with van der Waals surface area (Å²) >= 11 is 1.89. The van der Waals surface area contributed by atoms with Crippen LogP contribution in [0.3, 0.4) is 0 Å². The SMILES string of the molecule is COc1ccc(OC)c(N(CC(=O)NCCSC2CCCCC2)S(=O)(=O)c2ccc(C)cc2)c1. The van der Waals surface area contributed by atoms with Gasteiger partial charge in [0, 0.05) is 23.6 Å². The lowest BCUT2D eigenvalue weighted by Crippen LogP contribution is -2.41. The van der Waals surface area contributed by atoms with Crippen LogP contribution < -0.4 is 19.1 Å². The van der Waals surface area contributed by atoms with Crippen molar-refractivity contribution in [3.63, 3.8) is 0 Å². The van der Waals surface area contributed by atoms with Gasteiger partial charge in [-0.15, -0.1) is 0 Å². The number of hydrogen-bond acceptors (Lipinski definition) is 6. The van der Waals surface area contributed by atoms with E-state index in [-0.39, 0.29) is 23.0 Å². The molecule has 0 unspecified atom stereocenters. The fourth-order valence-electron chi connectivity index (χ4n) is 3.96. The van der Waals surface area contributed by atoms with E-state index in [4.69, 9.17) is 9.47 Å². The molecule has 0 radical (unpaired) electrons. The predicted molar refractivity (Wildman–Crippen MR) is 138 cm³/mol. The van der Waals surface area contributed by atoms with Gasteiger partial charge >= 0.3 is 0 Å². The third-order valence-electron chi connectivity index (χ3n) is 5.88. The van der Waals surface area contributed by atoms with Gasteiger partial charge in [0.25, 0.3) is 10.0 Å². The van der Waals surface area contributed by atoms with Crippen molar-refractivity contribution in [2.24, 2.45) is 0 Å². The fourth-order valence-corrected chi connectivity index (χ4v) is 6.61. The van der Waals surface area contributed by atoms with Crippen LogP contribution in [0.1, 0.15) is 37.7 Å². The molecular weight excluding hydrogens is 472 g/mol. The smallest absolute Gasteiger partial charge is 0.264 e. The van der Waals surface area contributed by atoms with Crippen molar-refractivity contribution in [1.29, 1.82) is 0 Å². The molecule has 1 aliphatic carbocycles. The zero-order valence-corrected chi connectivity index (χ0v) is 21.7. The van der Waals surface area contributed by atoms with Gasteiger partial charge in [-0.2, -0.15) is 11.8 Å². The number of carbonyl (C=O) groups is 1. The molecule has 0 saturated heterocycles. The van der Waals surface area contributed by atoms with Gasteiger partial charge in [-0.25, -0.2) is 8.42 Å². The van der Waals surface area contributed by atoms with Crippen LogP contribution in [0.25, 0.3) is 0 Å². The van der Waals surface area contributed by atoms with Crippen molar-refractivity contribution in [1.82, 2.24) is 5.32 Å². The van der Waals surface area contributed by atoms with Gasteiger partial charge in [0.2, 0.25) is 5.91 Å². The first-order valence-corrected chi connectivity index (χ1v) is 14.0. The fraction of sp³-hybridized carbons (Fsp3) is 0.480. The number of anilines is 1. The molecular formula is C25H34N2O5S2. The van der Waals surface area contributed by atoms with Crippen LogP contribution in [0.15, 0.2) is 47.4 Å². The molecule has 0 atom stereocenters. The van der Waals surface area contributed by atoms with Gasteiger partial charge in [-0.3, -0.25) is 9.10 Å². The highest BCUT2D eigenvalue weighted by atomic mass is 32.2. The summed E-state index contributed by atoms with van der Waals surface area (Å²) in [7, 11) is -1.08. The first-order chi connectivity index (χ1) is 16.3. The van der Waals surface area contributed by atoms with Crippen LogP contribution in [-0.4, -0.2) is 52.6 Å². The summed E-state index contributed by atoms with van der Waals surface area (Å²) in [6.07, 6.45) is 6.33. The molecule has 1 fully saturated rings. The average Bonchev–Trinajstić information content (AvgIpc) is 2.85. The summed E-state index contributed by atoms with van der Waals surface area (Å²) in [5, 5.41) is 3.54. The van der Waals surface area contributed by atoms with E-state index in [9.17, 15) is 13.2 Å². The average molecular weight is 507 g/mol. The van der Waals surface area contributed by atoms with Crippen molar-refractivity contribution in [2.45, 2.75) is 49.2 Å². The van der Waals surface area contributed by atoms with E-state index in [2.05, 4.69) is 5.32 Å². The van der Waals surface area contributed by atoms with Crippen LogP contribution in [0.5, 0.6) is 11.5 Å². The zero-order chi connectivity index (χ0) is 24.6. The maximum absolute atomic E-state index is 13.6. The molecule has 0 bridgehead atoms. The normalized spacial score (nSPS) is 14.4. The first kappa shape index (κ1) is 26.2. The number of rotatable bonds is 11. The van der Waals surface area contributed by atoms with Gasteiger partial charge in [0.05, 0.1) is 24.8 Å². The molecule has 1 aliphatic rings. The lowest BCUT2D eigenvalue weighted by atomic mass is 10.0. The Labute approximate surface area is 207 Å². The number of nitrogens with one attached hydrogen (secondary N) is 1. The van der Waals surface area contributed by atoms with E-state index in [0.29, 0.717) is 23.3 Å². The summed E-state index contributed by atoms with van der Waals surface area (Å²) in [5.41, 5.74) is 1.19. The number of carbonyl (C=O) groups excluding carboxylic acids is 1. The van der Waals surface area contributed by atoms with Gasteiger partial charge < -0.3 is 14.8 Å². The molecule has 1 amide bonds. The molecule has 2 aromatic carbocycles. The summed E-state index contributed by atoms with van der Waals surface area (Å²) in [6, 6.07) is 11.4. The second-order valence-electron chi connectivity index (χ2n) is 8.34. The Morgan fingerprint density at radius 2 is 1.76 bits per heavy atom. The Hall–Kier alpha value is -2.39. The van der Waals surface area contributed by atoms with Crippen molar-refractivity contribution in [3.8, 4) is 11.5 Å². The third kappa shape index (κ3) is 6.82. The molecule has 0 heterocycles. The molecule has 0 spiro atoms. The Bertz CT molecular complexity index is 1050. The second-order valence-corrected chi connectivity index (χ2v) is 11.6. The highest BCUT2D eigenvalue weighted by Crippen LogP contribution is 2.35. The Kier molecular flexibility index (Phi) is 9.53. The van der Waals surface area contributed by atoms with Crippen LogP contribution in [0, 0.1) is 6.92 Å². The molecule has 1 N–H and O–H groups in total. The van der Waals surface area contributed by atoms with Crippen molar-refractivity contribution >= 4 is 33.4 Å². The van der Waals surface area contributed by atoms with Crippen LogP contribution >= 0.6 is 11.8 Å². The molecule has 34 heavy (non-hydrogen) atoms. The minimum atomic E-state index is -4.04. The Morgan fingerprint density at radius 3 is 2.41 bits per heavy atom. The molecule has 0 aromatic heterocycles.